The van der Waals surface area contributed by atoms with Crippen molar-refractivity contribution < 1.29 is 28.6 Å². The topological polar surface area (TPSA) is 78.9 Å². The van der Waals surface area contributed by atoms with E-state index in [1.165, 1.54) is 19.4 Å². The lowest BCUT2D eigenvalue weighted by Gasteiger charge is -2.55. The number of esters is 2. The van der Waals surface area contributed by atoms with Crippen molar-refractivity contribution in [2.75, 3.05) is 0 Å². The lowest BCUT2D eigenvalue weighted by molar-refractivity contribution is -0.190. The van der Waals surface area contributed by atoms with Crippen LogP contribution < -0.4 is 0 Å². The molecule has 3 aliphatic carbocycles. The second-order valence-corrected chi connectivity index (χ2v) is 9.62. The molecular weight excluding hydrogens is 372 g/mol. The smallest absolute Gasteiger partial charge is 0.302 e. The number of allylic oxidation sites excluding steroid dienone is 1. The minimum atomic E-state index is -0.380. The van der Waals surface area contributed by atoms with Crippen LogP contribution in [0.5, 0.6) is 0 Å². The van der Waals surface area contributed by atoms with E-state index in [0.29, 0.717) is 19.3 Å². The molecule has 3 saturated carbocycles. The van der Waals surface area contributed by atoms with Gasteiger partial charge in [0.2, 0.25) is 0 Å². The second-order valence-electron chi connectivity index (χ2n) is 9.62. The van der Waals surface area contributed by atoms with Gasteiger partial charge in [-0.3, -0.25) is 14.4 Å². The molecule has 29 heavy (non-hydrogen) atoms. The molecule has 3 aliphatic rings. The van der Waals surface area contributed by atoms with E-state index in [-0.39, 0.29) is 52.9 Å². The molecule has 0 aromatic rings. The number of carbonyl (C=O) groups is 3. The summed E-state index contributed by atoms with van der Waals surface area (Å²) in [6.07, 6.45) is 4.90. The fourth-order valence-corrected chi connectivity index (χ4v) is 6.35. The van der Waals surface area contributed by atoms with Gasteiger partial charge in [0.25, 0.3) is 6.47 Å². The van der Waals surface area contributed by atoms with Gasteiger partial charge in [-0.25, -0.2) is 0 Å². The summed E-state index contributed by atoms with van der Waals surface area (Å²) < 4.78 is 16.9. The summed E-state index contributed by atoms with van der Waals surface area (Å²) >= 11 is 0. The standard InChI is InChI=1S/C23H34O6/c1-14-6-7-18-21(27-13-24)19(9-11-22(14,18)4)23(5)10-8-17(28-15(2)25)12-20(23)29-16(3)26/h13,17-21H,1,6-12H2,2-5H3/t17-,18?,19?,20-,21-,22+,23+/m0/s1. The van der Waals surface area contributed by atoms with Gasteiger partial charge in [-0.2, -0.15) is 0 Å². The van der Waals surface area contributed by atoms with Crippen molar-refractivity contribution in [1.29, 1.82) is 0 Å². The van der Waals surface area contributed by atoms with Gasteiger partial charge in [-0.15, -0.1) is 0 Å². The van der Waals surface area contributed by atoms with Gasteiger partial charge in [-0.1, -0.05) is 26.0 Å². The van der Waals surface area contributed by atoms with Crippen molar-refractivity contribution >= 4 is 18.4 Å². The molecule has 0 aromatic heterocycles. The van der Waals surface area contributed by atoms with Crippen LogP contribution in [0, 0.1) is 22.7 Å². The lowest BCUT2D eigenvalue weighted by Crippen LogP contribution is -2.56. The molecular formula is C23H34O6. The van der Waals surface area contributed by atoms with Crippen LogP contribution in [0.3, 0.4) is 0 Å². The predicted octanol–water partition coefficient (Wildman–Crippen LogP) is 3.96. The molecule has 0 aliphatic heterocycles. The number of fused-ring (bicyclic) bond motifs is 1. The Morgan fingerprint density at radius 3 is 2.34 bits per heavy atom. The van der Waals surface area contributed by atoms with Gasteiger partial charge in [0.05, 0.1) is 0 Å². The van der Waals surface area contributed by atoms with Crippen molar-refractivity contribution in [3.63, 3.8) is 0 Å². The number of ether oxygens (including phenoxy) is 3. The Bertz CT molecular complexity index is 687. The summed E-state index contributed by atoms with van der Waals surface area (Å²) in [5, 5.41) is 0. The van der Waals surface area contributed by atoms with Crippen LogP contribution in [0.2, 0.25) is 0 Å². The Morgan fingerprint density at radius 2 is 1.72 bits per heavy atom. The second kappa shape index (κ2) is 8.11. The van der Waals surface area contributed by atoms with E-state index in [0.717, 1.165) is 32.1 Å². The monoisotopic (exact) mass is 406 g/mol. The largest absolute Gasteiger partial charge is 0.464 e. The molecule has 162 valence electrons. The number of hydrogen-bond donors (Lipinski definition) is 0. The summed E-state index contributed by atoms with van der Waals surface area (Å²) in [4.78, 5) is 34.7. The first kappa shape index (κ1) is 21.8. The van der Waals surface area contributed by atoms with Crippen molar-refractivity contribution in [3.8, 4) is 0 Å². The van der Waals surface area contributed by atoms with Gasteiger partial charge in [0.15, 0.2) is 0 Å². The van der Waals surface area contributed by atoms with Gasteiger partial charge < -0.3 is 14.2 Å². The van der Waals surface area contributed by atoms with Gasteiger partial charge in [-0.05, 0) is 43.9 Å². The minimum absolute atomic E-state index is 0.00753. The van der Waals surface area contributed by atoms with E-state index in [1.54, 1.807) is 0 Å². The Kier molecular flexibility index (Phi) is 6.11. The molecule has 3 fully saturated rings. The molecule has 7 atom stereocenters. The fourth-order valence-electron chi connectivity index (χ4n) is 6.35. The highest BCUT2D eigenvalue weighted by Crippen LogP contribution is 2.61. The van der Waals surface area contributed by atoms with E-state index in [9.17, 15) is 14.4 Å². The molecule has 6 heteroatoms. The first-order valence-electron chi connectivity index (χ1n) is 10.7. The van der Waals surface area contributed by atoms with Crippen molar-refractivity contribution in [3.05, 3.63) is 12.2 Å². The maximum absolute atomic E-state index is 11.9. The first-order valence-corrected chi connectivity index (χ1v) is 10.7. The minimum Gasteiger partial charge on any atom is -0.464 e. The first-order chi connectivity index (χ1) is 13.6. The number of rotatable bonds is 5. The van der Waals surface area contributed by atoms with Crippen LogP contribution in [-0.4, -0.2) is 36.7 Å². The van der Waals surface area contributed by atoms with Crippen LogP contribution in [-0.2, 0) is 28.6 Å². The third-order valence-corrected chi connectivity index (χ3v) is 8.07. The summed E-state index contributed by atoms with van der Waals surface area (Å²) in [6, 6.07) is 0. The summed E-state index contributed by atoms with van der Waals surface area (Å²) in [6.45, 7) is 12.1. The maximum Gasteiger partial charge on any atom is 0.302 e. The van der Waals surface area contributed by atoms with E-state index in [4.69, 9.17) is 14.2 Å². The van der Waals surface area contributed by atoms with Gasteiger partial charge in [0.1, 0.15) is 18.3 Å². The predicted molar refractivity (Wildman–Crippen MR) is 107 cm³/mol. The number of carbonyl (C=O) groups excluding carboxylic acids is 3. The zero-order valence-electron chi connectivity index (χ0n) is 18.1. The van der Waals surface area contributed by atoms with Gasteiger partial charge >= 0.3 is 11.9 Å². The van der Waals surface area contributed by atoms with Crippen molar-refractivity contribution in [1.82, 2.24) is 0 Å². The molecule has 0 amide bonds. The van der Waals surface area contributed by atoms with Crippen LogP contribution in [0.15, 0.2) is 12.2 Å². The molecule has 0 heterocycles. The van der Waals surface area contributed by atoms with Crippen LogP contribution in [0.25, 0.3) is 0 Å². The summed E-state index contributed by atoms with van der Waals surface area (Å²) in [5.41, 5.74) is 0.897. The van der Waals surface area contributed by atoms with E-state index in [2.05, 4.69) is 20.4 Å². The summed E-state index contributed by atoms with van der Waals surface area (Å²) in [5.74, 6) is -0.341. The SMILES string of the molecule is C=C1CCC2[C@H](OC=O)C([C@@]3(C)CC[C@H](OC(C)=O)C[C@@H]3OC(C)=O)CC[C@]12C. The van der Waals surface area contributed by atoms with Crippen LogP contribution >= 0.6 is 0 Å². The Morgan fingerprint density at radius 1 is 1.03 bits per heavy atom. The quantitative estimate of drug-likeness (QED) is 0.298. The average molecular weight is 407 g/mol. The average Bonchev–Trinajstić information content (AvgIpc) is 2.93. The zero-order valence-corrected chi connectivity index (χ0v) is 18.1. The molecule has 0 saturated heterocycles. The molecule has 3 rings (SSSR count). The van der Waals surface area contributed by atoms with Crippen LogP contribution in [0.4, 0.5) is 0 Å². The number of hydrogen-bond acceptors (Lipinski definition) is 6. The third-order valence-electron chi connectivity index (χ3n) is 8.07. The highest BCUT2D eigenvalue weighted by molar-refractivity contribution is 5.67. The molecule has 0 aromatic carbocycles. The highest BCUT2D eigenvalue weighted by atomic mass is 16.6. The highest BCUT2D eigenvalue weighted by Gasteiger charge is 2.59. The summed E-state index contributed by atoms with van der Waals surface area (Å²) in [7, 11) is 0. The molecule has 0 radical (unpaired) electrons. The van der Waals surface area contributed by atoms with E-state index >= 15 is 0 Å². The fraction of sp³-hybridized carbons (Fsp3) is 0.783. The normalized spacial score (nSPS) is 41.9. The Labute approximate surface area is 173 Å². The maximum atomic E-state index is 11.9. The molecule has 0 spiro atoms. The van der Waals surface area contributed by atoms with Crippen molar-refractivity contribution in [2.24, 2.45) is 22.7 Å². The molecule has 2 unspecified atom stereocenters. The molecule has 0 N–H and O–H groups in total. The van der Waals surface area contributed by atoms with E-state index in [1.807, 2.05) is 0 Å². The zero-order chi connectivity index (χ0) is 21.4. The lowest BCUT2D eigenvalue weighted by atomic mass is 9.54. The third kappa shape index (κ3) is 3.95. The van der Waals surface area contributed by atoms with Gasteiger partial charge in [0, 0.05) is 37.5 Å². The Hall–Kier alpha value is -1.85. The van der Waals surface area contributed by atoms with Crippen LogP contribution in [0.1, 0.15) is 72.6 Å². The Balaban J connectivity index is 1.90. The van der Waals surface area contributed by atoms with E-state index < -0.39 is 0 Å². The van der Waals surface area contributed by atoms with Crippen molar-refractivity contribution in [2.45, 2.75) is 91.0 Å². The molecule has 0 bridgehead atoms. The molecule has 6 nitrogen and oxygen atoms in total.